The smallest absolute Gasteiger partial charge is 0.00264 e. The fourth-order valence-corrected chi connectivity index (χ4v) is 5.01. The minimum atomic E-state index is 1.29. The Morgan fingerprint density at radius 2 is 0.633 bits per heavy atom. The third-order valence-corrected chi connectivity index (χ3v) is 6.50. The molecular weight excluding hydrogens is 360 g/mol. The quantitative estimate of drug-likeness (QED) is 0.183. The van der Waals surface area contributed by atoms with Crippen LogP contribution in [0.15, 0.2) is 109 Å². The Morgan fingerprint density at radius 1 is 0.267 bits per heavy atom. The summed E-state index contributed by atoms with van der Waals surface area (Å²) in [5, 5.41) is 15.7. The van der Waals surface area contributed by atoms with Crippen LogP contribution in [0.25, 0.3) is 64.6 Å². The highest BCUT2D eigenvalue weighted by molar-refractivity contribution is 6.24. The number of benzene rings is 7. The minimum absolute atomic E-state index is 1.29. The summed E-state index contributed by atoms with van der Waals surface area (Å²) in [6, 6.07) is 40.3. The first-order valence-electron chi connectivity index (χ1n) is 10.4. The fourth-order valence-electron chi connectivity index (χ4n) is 5.01. The summed E-state index contributed by atoms with van der Waals surface area (Å²) in [6.07, 6.45) is 0. The Balaban J connectivity index is 1.68. The van der Waals surface area contributed by atoms with Crippen molar-refractivity contribution in [2.45, 2.75) is 0 Å². The van der Waals surface area contributed by atoms with E-state index >= 15 is 0 Å². The van der Waals surface area contributed by atoms with E-state index in [0.29, 0.717) is 0 Å². The standard InChI is InChI=1S/C30H18/c1-2-7-22-15-27-18-29-25(16-26(27)14-21(22)6-1)12-10-19-9-11-24-13-20-5-3-4-8-23(20)17-28(24)30(19)29/h1-18H. The predicted octanol–water partition coefficient (Wildman–Crippen LogP) is 8.61. The van der Waals surface area contributed by atoms with E-state index in [4.69, 9.17) is 0 Å². The molecule has 0 nitrogen and oxygen atoms in total. The Bertz CT molecular complexity index is 1790. The van der Waals surface area contributed by atoms with Crippen molar-refractivity contribution >= 4 is 64.6 Å². The van der Waals surface area contributed by atoms with Gasteiger partial charge in [-0.15, -0.1) is 0 Å². The normalized spacial score (nSPS) is 12.0. The van der Waals surface area contributed by atoms with Crippen LogP contribution in [0.2, 0.25) is 0 Å². The minimum Gasteiger partial charge on any atom is -0.0616 e. The van der Waals surface area contributed by atoms with Gasteiger partial charge in [-0.2, -0.15) is 0 Å². The molecule has 0 bridgehead atoms. The van der Waals surface area contributed by atoms with Gasteiger partial charge >= 0.3 is 0 Å². The molecule has 0 aliphatic rings. The molecule has 0 aliphatic heterocycles. The van der Waals surface area contributed by atoms with Gasteiger partial charge in [-0.05, 0) is 101 Å². The average molecular weight is 378 g/mol. The number of fused-ring (bicyclic) bond motifs is 8. The molecule has 0 spiro atoms. The molecule has 138 valence electrons. The molecule has 30 heavy (non-hydrogen) atoms. The SMILES string of the molecule is c1ccc2cc3cc4c(ccc5ccc6cc7ccccc7cc6c54)cc3cc2c1. The second-order valence-corrected chi connectivity index (χ2v) is 8.27. The van der Waals surface area contributed by atoms with Crippen LogP contribution in [0.1, 0.15) is 0 Å². The lowest BCUT2D eigenvalue weighted by atomic mass is 9.92. The molecular formula is C30H18. The van der Waals surface area contributed by atoms with Gasteiger partial charge in [0.15, 0.2) is 0 Å². The fraction of sp³-hybridized carbons (Fsp3) is 0. The molecule has 7 aromatic carbocycles. The Hall–Kier alpha value is -3.90. The van der Waals surface area contributed by atoms with E-state index in [0.717, 1.165) is 0 Å². The summed E-state index contributed by atoms with van der Waals surface area (Å²) < 4.78 is 0. The van der Waals surface area contributed by atoms with Crippen LogP contribution < -0.4 is 0 Å². The van der Waals surface area contributed by atoms with Crippen molar-refractivity contribution in [3.63, 3.8) is 0 Å². The van der Waals surface area contributed by atoms with Gasteiger partial charge in [0.2, 0.25) is 0 Å². The van der Waals surface area contributed by atoms with Gasteiger partial charge in [0.25, 0.3) is 0 Å². The van der Waals surface area contributed by atoms with Gasteiger partial charge in [0.05, 0.1) is 0 Å². The van der Waals surface area contributed by atoms with Crippen molar-refractivity contribution in [1.82, 2.24) is 0 Å². The lowest BCUT2D eigenvalue weighted by Gasteiger charge is -2.11. The van der Waals surface area contributed by atoms with E-state index in [1.807, 2.05) is 0 Å². The first-order valence-corrected chi connectivity index (χ1v) is 10.4. The van der Waals surface area contributed by atoms with Crippen molar-refractivity contribution in [3.8, 4) is 0 Å². The summed E-state index contributed by atoms with van der Waals surface area (Å²) in [5.41, 5.74) is 0. The Kier molecular flexibility index (Phi) is 3.09. The maximum atomic E-state index is 2.38. The number of hydrogen-bond donors (Lipinski definition) is 0. The zero-order chi connectivity index (χ0) is 19.7. The molecule has 0 heterocycles. The highest BCUT2D eigenvalue weighted by Crippen LogP contribution is 2.36. The lowest BCUT2D eigenvalue weighted by Crippen LogP contribution is -1.84. The third kappa shape index (κ3) is 2.22. The van der Waals surface area contributed by atoms with Gasteiger partial charge < -0.3 is 0 Å². The summed E-state index contributed by atoms with van der Waals surface area (Å²) >= 11 is 0. The molecule has 0 heteroatoms. The second-order valence-electron chi connectivity index (χ2n) is 8.27. The lowest BCUT2D eigenvalue weighted by molar-refractivity contribution is 1.78. The molecule has 0 fully saturated rings. The molecule has 0 saturated heterocycles. The van der Waals surface area contributed by atoms with Crippen LogP contribution in [0, 0.1) is 0 Å². The summed E-state index contributed by atoms with van der Waals surface area (Å²) in [7, 11) is 0. The van der Waals surface area contributed by atoms with Crippen molar-refractivity contribution in [2.75, 3.05) is 0 Å². The van der Waals surface area contributed by atoms with Crippen LogP contribution in [0.3, 0.4) is 0 Å². The van der Waals surface area contributed by atoms with Crippen LogP contribution in [0.4, 0.5) is 0 Å². The molecule has 0 N–H and O–H groups in total. The monoisotopic (exact) mass is 378 g/mol. The van der Waals surface area contributed by atoms with Crippen LogP contribution in [0.5, 0.6) is 0 Å². The van der Waals surface area contributed by atoms with E-state index < -0.39 is 0 Å². The predicted molar refractivity (Wildman–Crippen MR) is 131 cm³/mol. The van der Waals surface area contributed by atoms with E-state index in [1.54, 1.807) is 0 Å². The zero-order valence-corrected chi connectivity index (χ0v) is 16.4. The number of hydrogen-bond acceptors (Lipinski definition) is 0. The molecule has 7 aromatic rings. The van der Waals surface area contributed by atoms with Crippen LogP contribution >= 0.6 is 0 Å². The molecule has 0 unspecified atom stereocenters. The summed E-state index contributed by atoms with van der Waals surface area (Å²) in [4.78, 5) is 0. The molecule has 0 aliphatic carbocycles. The highest BCUT2D eigenvalue weighted by Gasteiger charge is 2.09. The van der Waals surface area contributed by atoms with Crippen LogP contribution in [-0.4, -0.2) is 0 Å². The van der Waals surface area contributed by atoms with Crippen molar-refractivity contribution in [3.05, 3.63) is 109 Å². The van der Waals surface area contributed by atoms with Gasteiger partial charge in [-0.25, -0.2) is 0 Å². The first-order chi connectivity index (χ1) is 14.8. The molecule has 0 amide bonds. The molecule has 0 atom stereocenters. The Morgan fingerprint density at radius 3 is 1.20 bits per heavy atom. The van der Waals surface area contributed by atoms with E-state index in [9.17, 15) is 0 Å². The van der Waals surface area contributed by atoms with Crippen molar-refractivity contribution < 1.29 is 0 Å². The maximum absolute atomic E-state index is 2.38. The Labute approximate surface area is 174 Å². The topological polar surface area (TPSA) is 0 Å². The maximum Gasteiger partial charge on any atom is -0.00264 e. The molecule has 7 rings (SSSR count). The van der Waals surface area contributed by atoms with Gasteiger partial charge in [0, 0.05) is 0 Å². The van der Waals surface area contributed by atoms with E-state index in [1.165, 1.54) is 64.6 Å². The zero-order valence-electron chi connectivity index (χ0n) is 16.4. The molecule has 0 saturated carbocycles. The van der Waals surface area contributed by atoms with Crippen molar-refractivity contribution in [1.29, 1.82) is 0 Å². The van der Waals surface area contributed by atoms with Crippen molar-refractivity contribution in [2.24, 2.45) is 0 Å². The van der Waals surface area contributed by atoms with Crippen LogP contribution in [-0.2, 0) is 0 Å². The van der Waals surface area contributed by atoms with Gasteiger partial charge in [0.1, 0.15) is 0 Å². The van der Waals surface area contributed by atoms with E-state index in [-0.39, 0.29) is 0 Å². The molecule has 0 aromatic heterocycles. The highest BCUT2D eigenvalue weighted by atomic mass is 14.1. The molecule has 0 radical (unpaired) electrons. The second kappa shape index (κ2) is 5.81. The first kappa shape index (κ1) is 16.0. The largest absolute Gasteiger partial charge is 0.0616 e. The van der Waals surface area contributed by atoms with E-state index in [2.05, 4.69) is 109 Å². The summed E-state index contributed by atoms with van der Waals surface area (Å²) in [5.74, 6) is 0. The van der Waals surface area contributed by atoms with Gasteiger partial charge in [-0.1, -0.05) is 72.8 Å². The average Bonchev–Trinajstić information content (AvgIpc) is 2.79. The number of rotatable bonds is 0. The third-order valence-electron chi connectivity index (χ3n) is 6.50. The summed E-state index contributed by atoms with van der Waals surface area (Å²) in [6.45, 7) is 0. The van der Waals surface area contributed by atoms with Gasteiger partial charge in [-0.3, -0.25) is 0 Å².